The van der Waals surface area contributed by atoms with Crippen LogP contribution in [-0.2, 0) is 6.18 Å². The fourth-order valence-corrected chi connectivity index (χ4v) is 3.91. The van der Waals surface area contributed by atoms with Gasteiger partial charge in [0, 0.05) is 31.9 Å². The molecule has 1 saturated heterocycles. The van der Waals surface area contributed by atoms with E-state index in [1.807, 2.05) is 11.8 Å². The number of hydrogen-bond acceptors (Lipinski definition) is 4. The first-order valence-corrected chi connectivity index (χ1v) is 9.37. The molecule has 148 valence electrons. The minimum atomic E-state index is -4.39. The van der Waals surface area contributed by atoms with E-state index in [-0.39, 0.29) is 6.04 Å². The van der Waals surface area contributed by atoms with E-state index in [0.29, 0.717) is 52.5 Å². The second-order valence-electron chi connectivity index (χ2n) is 6.74. The van der Waals surface area contributed by atoms with E-state index in [1.54, 1.807) is 12.3 Å². The van der Waals surface area contributed by atoms with Crippen molar-refractivity contribution in [3.8, 4) is 0 Å². The number of pyridine rings is 1. The van der Waals surface area contributed by atoms with Gasteiger partial charge in [-0.05, 0) is 31.2 Å². The molecular weight excluding hydrogens is 414 g/mol. The minimum Gasteiger partial charge on any atom is -0.352 e. The van der Waals surface area contributed by atoms with Crippen LogP contribution in [0, 0.1) is 0 Å². The van der Waals surface area contributed by atoms with E-state index in [9.17, 15) is 13.2 Å². The highest BCUT2D eigenvalue weighted by atomic mass is 35.5. The molecule has 1 aromatic carbocycles. The van der Waals surface area contributed by atoms with Crippen LogP contribution in [0.1, 0.15) is 12.5 Å². The molecule has 3 heterocycles. The first-order valence-electron chi connectivity index (χ1n) is 8.62. The molecule has 2 aromatic heterocycles. The van der Waals surface area contributed by atoms with Gasteiger partial charge in [-0.2, -0.15) is 13.2 Å². The number of aromatic nitrogens is 3. The first-order chi connectivity index (χ1) is 13.2. The van der Waals surface area contributed by atoms with Crippen molar-refractivity contribution in [1.82, 2.24) is 15.0 Å². The van der Waals surface area contributed by atoms with Gasteiger partial charge < -0.3 is 14.8 Å². The van der Waals surface area contributed by atoms with E-state index in [4.69, 9.17) is 23.2 Å². The average Bonchev–Trinajstić information content (AvgIpc) is 3.03. The number of aromatic amines is 1. The van der Waals surface area contributed by atoms with E-state index in [2.05, 4.69) is 19.9 Å². The van der Waals surface area contributed by atoms with Crippen LogP contribution in [0.2, 0.25) is 10.0 Å². The quantitative estimate of drug-likeness (QED) is 0.622. The zero-order valence-electron chi connectivity index (χ0n) is 14.8. The van der Waals surface area contributed by atoms with E-state index >= 15 is 0 Å². The second kappa shape index (κ2) is 7.00. The van der Waals surface area contributed by atoms with Crippen molar-refractivity contribution < 1.29 is 13.2 Å². The molecule has 0 bridgehead atoms. The van der Waals surface area contributed by atoms with E-state index < -0.39 is 11.7 Å². The second-order valence-corrected chi connectivity index (χ2v) is 7.58. The van der Waals surface area contributed by atoms with Crippen molar-refractivity contribution in [3.63, 3.8) is 0 Å². The van der Waals surface area contributed by atoms with Gasteiger partial charge in [0.05, 0.1) is 26.6 Å². The van der Waals surface area contributed by atoms with E-state index in [1.165, 1.54) is 6.07 Å². The predicted molar refractivity (Wildman–Crippen MR) is 104 cm³/mol. The normalized spacial score (nSPS) is 18.1. The Kier molecular flexibility index (Phi) is 4.79. The van der Waals surface area contributed by atoms with Gasteiger partial charge in [-0.3, -0.25) is 0 Å². The largest absolute Gasteiger partial charge is 0.416 e. The Balaban J connectivity index is 1.56. The number of nitrogens with one attached hydrogen (secondary N) is 1. The lowest BCUT2D eigenvalue weighted by Crippen LogP contribution is -2.52. The van der Waals surface area contributed by atoms with Crippen molar-refractivity contribution in [2.75, 3.05) is 29.4 Å². The van der Waals surface area contributed by atoms with E-state index in [0.717, 1.165) is 12.1 Å². The Hall–Kier alpha value is -2.19. The van der Waals surface area contributed by atoms with Crippen molar-refractivity contribution >= 4 is 46.0 Å². The van der Waals surface area contributed by atoms with Gasteiger partial charge in [0.25, 0.3) is 0 Å². The van der Waals surface area contributed by atoms with Crippen LogP contribution in [0.15, 0.2) is 30.5 Å². The van der Waals surface area contributed by atoms with Crippen LogP contribution >= 0.6 is 23.2 Å². The highest BCUT2D eigenvalue weighted by molar-refractivity contribution is 6.36. The summed E-state index contributed by atoms with van der Waals surface area (Å²) in [5.41, 5.74) is 0.165. The molecule has 3 aromatic rings. The molecular formula is C18H16Cl2F3N5. The highest BCUT2D eigenvalue weighted by Gasteiger charge is 2.31. The topological polar surface area (TPSA) is 48.1 Å². The van der Waals surface area contributed by atoms with Gasteiger partial charge in [-0.15, -0.1) is 0 Å². The number of H-pyrrole nitrogens is 1. The number of imidazole rings is 1. The molecule has 1 unspecified atom stereocenters. The SMILES string of the molecule is CC1CN(c2ncc(Cl)cc2Cl)CCN1c1nc2ccc(C(F)(F)F)cc2[nH]1. The lowest BCUT2D eigenvalue weighted by Gasteiger charge is -2.40. The number of hydrogen-bond donors (Lipinski definition) is 1. The summed E-state index contributed by atoms with van der Waals surface area (Å²) < 4.78 is 38.8. The molecule has 1 N–H and O–H groups in total. The molecule has 1 atom stereocenters. The molecule has 0 saturated carbocycles. The number of rotatable bonds is 2. The third-order valence-electron chi connectivity index (χ3n) is 4.78. The van der Waals surface area contributed by atoms with Crippen LogP contribution in [0.5, 0.6) is 0 Å². The number of fused-ring (bicyclic) bond motifs is 1. The maximum Gasteiger partial charge on any atom is 0.416 e. The van der Waals surface area contributed by atoms with Gasteiger partial charge in [-0.1, -0.05) is 23.2 Å². The summed E-state index contributed by atoms with van der Waals surface area (Å²) in [5, 5.41) is 0.956. The lowest BCUT2D eigenvalue weighted by atomic mass is 10.2. The Labute approximate surface area is 169 Å². The molecule has 1 aliphatic heterocycles. The molecule has 0 radical (unpaired) electrons. The maximum atomic E-state index is 12.9. The molecule has 28 heavy (non-hydrogen) atoms. The number of halogens is 5. The smallest absolute Gasteiger partial charge is 0.352 e. The Morgan fingerprint density at radius 2 is 1.96 bits per heavy atom. The van der Waals surface area contributed by atoms with Gasteiger partial charge in [-0.25, -0.2) is 9.97 Å². The van der Waals surface area contributed by atoms with Crippen LogP contribution < -0.4 is 9.80 Å². The summed E-state index contributed by atoms with van der Waals surface area (Å²) in [7, 11) is 0. The molecule has 1 aliphatic rings. The van der Waals surface area contributed by atoms with Crippen molar-refractivity contribution in [1.29, 1.82) is 0 Å². The lowest BCUT2D eigenvalue weighted by molar-refractivity contribution is -0.137. The van der Waals surface area contributed by atoms with Gasteiger partial charge >= 0.3 is 6.18 Å². The van der Waals surface area contributed by atoms with Gasteiger partial charge in [0.15, 0.2) is 0 Å². The monoisotopic (exact) mass is 429 g/mol. The summed E-state index contributed by atoms with van der Waals surface area (Å²) >= 11 is 12.2. The van der Waals surface area contributed by atoms with Crippen LogP contribution in [0.25, 0.3) is 11.0 Å². The zero-order valence-corrected chi connectivity index (χ0v) is 16.3. The molecule has 4 rings (SSSR count). The first kappa shape index (κ1) is 19.1. The number of piperazine rings is 1. The number of alkyl halides is 3. The summed E-state index contributed by atoms with van der Waals surface area (Å²) in [4.78, 5) is 15.9. The third-order valence-corrected chi connectivity index (χ3v) is 5.27. The number of nitrogens with zero attached hydrogens (tertiary/aromatic N) is 4. The van der Waals surface area contributed by atoms with Crippen LogP contribution in [0.3, 0.4) is 0 Å². The molecule has 0 spiro atoms. The minimum absolute atomic E-state index is 0.0462. The fourth-order valence-electron chi connectivity index (χ4n) is 3.41. The molecule has 10 heteroatoms. The highest BCUT2D eigenvalue weighted by Crippen LogP contribution is 2.32. The number of benzene rings is 1. The Bertz CT molecular complexity index is 1020. The zero-order chi connectivity index (χ0) is 20.1. The van der Waals surface area contributed by atoms with Crippen LogP contribution in [-0.4, -0.2) is 40.6 Å². The van der Waals surface area contributed by atoms with Gasteiger partial charge in [0.2, 0.25) is 5.95 Å². The molecule has 0 amide bonds. The van der Waals surface area contributed by atoms with Crippen molar-refractivity contribution in [2.45, 2.75) is 19.1 Å². The maximum absolute atomic E-state index is 12.9. The number of anilines is 2. The summed E-state index contributed by atoms with van der Waals surface area (Å²) in [6.07, 6.45) is -2.83. The van der Waals surface area contributed by atoms with Crippen molar-refractivity contribution in [3.05, 3.63) is 46.1 Å². The van der Waals surface area contributed by atoms with Crippen LogP contribution in [0.4, 0.5) is 24.9 Å². The third kappa shape index (κ3) is 3.58. The summed E-state index contributed by atoms with van der Waals surface area (Å²) in [6, 6.07) is 5.22. The fraction of sp³-hybridized carbons (Fsp3) is 0.333. The Morgan fingerprint density at radius 1 is 1.18 bits per heavy atom. The molecule has 5 nitrogen and oxygen atoms in total. The standard InChI is InChI=1S/C18H16Cl2F3N5/c1-10-9-27(16-13(20)7-12(19)8-24-16)4-5-28(10)17-25-14-3-2-11(18(21,22)23)6-15(14)26-17/h2-3,6-8,10H,4-5,9H2,1H3,(H,25,26). The Morgan fingerprint density at radius 3 is 2.64 bits per heavy atom. The molecule has 1 fully saturated rings. The predicted octanol–water partition coefficient (Wildman–Crippen LogP) is 5.00. The summed E-state index contributed by atoms with van der Waals surface area (Å²) in [6.45, 7) is 3.92. The average molecular weight is 430 g/mol. The van der Waals surface area contributed by atoms with Gasteiger partial charge in [0.1, 0.15) is 5.82 Å². The van der Waals surface area contributed by atoms with Crippen molar-refractivity contribution in [2.24, 2.45) is 0 Å². The molecule has 0 aliphatic carbocycles. The summed E-state index contributed by atoms with van der Waals surface area (Å²) in [5.74, 6) is 1.22.